The molecule has 1 aromatic carbocycles. The van der Waals surface area contributed by atoms with E-state index in [1.807, 2.05) is 30.3 Å². The fourth-order valence-corrected chi connectivity index (χ4v) is 4.87. The van der Waals surface area contributed by atoms with Crippen LogP contribution in [0, 0.1) is 11.2 Å². The van der Waals surface area contributed by atoms with Gasteiger partial charge in [0.2, 0.25) is 0 Å². The van der Waals surface area contributed by atoms with Gasteiger partial charge in [-0.1, -0.05) is 0 Å². The topological polar surface area (TPSA) is 54.4 Å². The third-order valence-corrected chi connectivity index (χ3v) is 6.39. The van der Waals surface area contributed by atoms with Crippen LogP contribution in [0.15, 0.2) is 42.5 Å². The Balaban J connectivity index is 1.93. The van der Waals surface area contributed by atoms with E-state index in [1.54, 1.807) is 0 Å². The van der Waals surface area contributed by atoms with E-state index in [-0.39, 0.29) is 19.6 Å². The van der Waals surface area contributed by atoms with Crippen molar-refractivity contribution in [2.24, 2.45) is 0 Å². The summed E-state index contributed by atoms with van der Waals surface area (Å²) in [6.07, 6.45) is 1.18. The molecule has 0 aliphatic heterocycles. The van der Waals surface area contributed by atoms with Gasteiger partial charge in [0.1, 0.15) is 0 Å². The molecule has 0 saturated carbocycles. The summed E-state index contributed by atoms with van der Waals surface area (Å²) in [6, 6.07) is 9.51. The quantitative estimate of drug-likeness (QED) is 0.651. The third-order valence-electron chi connectivity index (χ3n) is 2.43. The number of carbonyl (C=O) groups is 2. The molecule has 2 rings (SSSR count). The Hall–Kier alpha value is -1.31. The van der Waals surface area contributed by atoms with Crippen molar-refractivity contribution in [3.05, 3.63) is 48.0 Å². The Morgan fingerprint density at radius 2 is 1.79 bits per heavy atom. The molecular formula is C14H10O3SSe. The van der Waals surface area contributed by atoms with Gasteiger partial charge >= 0.3 is 120 Å². The van der Waals surface area contributed by atoms with Crippen LogP contribution in [0.3, 0.4) is 0 Å². The number of hydrogen-bond donors (Lipinski definition) is 1. The summed E-state index contributed by atoms with van der Waals surface area (Å²) in [5, 5.41) is 12.6. The van der Waals surface area contributed by atoms with Crippen molar-refractivity contribution in [2.75, 3.05) is 0 Å². The van der Waals surface area contributed by atoms with Gasteiger partial charge in [-0.05, 0) is 0 Å². The van der Waals surface area contributed by atoms with Crippen molar-refractivity contribution >= 4 is 35.6 Å². The van der Waals surface area contributed by atoms with E-state index in [0.29, 0.717) is 0 Å². The predicted octanol–water partition coefficient (Wildman–Crippen LogP) is 1.21. The van der Waals surface area contributed by atoms with E-state index in [4.69, 9.17) is 0 Å². The first kappa shape index (κ1) is 14.1. The van der Waals surface area contributed by atoms with Gasteiger partial charge in [-0.15, -0.1) is 0 Å². The van der Waals surface area contributed by atoms with Crippen LogP contribution in [-0.2, 0) is 9.59 Å². The zero-order valence-corrected chi connectivity index (χ0v) is 12.3. The Kier molecular flexibility index (Phi) is 5.00. The van der Waals surface area contributed by atoms with Gasteiger partial charge in [0.15, 0.2) is 0 Å². The van der Waals surface area contributed by atoms with Crippen LogP contribution in [-0.4, -0.2) is 36.6 Å². The Morgan fingerprint density at radius 3 is 2.53 bits per heavy atom. The third kappa shape index (κ3) is 3.82. The zero-order valence-electron chi connectivity index (χ0n) is 9.78. The van der Waals surface area contributed by atoms with Gasteiger partial charge in [0.05, 0.1) is 0 Å². The molecule has 5 heteroatoms. The molecule has 1 aliphatic carbocycles. The van der Waals surface area contributed by atoms with E-state index in [2.05, 4.69) is 11.2 Å². The molecule has 2 atom stereocenters. The molecule has 1 aromatic rings. The second kappa shape index (κ2) is 6.74. The summed E-state index contributed by atoms with van der Waals surface area (Å²) in [7, 11) is 1.30. The first-order chi connectivity index (χ1) is 9.18. The van der Waals surface area contributed by atoms with Crippen molar-refractivity contribution in [3.63, 3.8) is 0 Å². The Labute approximate surface area is 120 Å². The molecule has 0 radical (unpaired) electrons. The van der Waals surface area contributed by atoms with Gasteiger partial charge in [-0.3, -0.25) is 0 Å². The molecule has 0 bridgehead atoms. The van der Waals surface area contributed by atoms with Crippen LogP contribution in [0.2, 0.25) is 4.82 Å². The number of ketones is 2. The minimum absolute atomic E-state index is 0.193. The zero-order chi connectivity index (χ0) is 13.7. The molecule has 0 heterocycles. The second-order valence-electron chi connectivity index (χ2n) is 3.78. The number of rotatable bonds is 2. The summed E-state index contributed by atoms with van der Waals surface area (Å²) in [5.41, 5.74) is 0.900. The number of allylic oxidation sites excluding steroid dienone is 1. The molecule has 96 valence electrons. The van der Waals surface area contributed by atoms with Gasteiger partial charge in [-0.25, -0.2) is 0 Å². The molecule has 0 aromatic heterocycles. The van der Waals surface area contributed by atoms with E-state index in [9.17, 15) is 14.7 Å². The molecule has 1 N–H and O–H groups in total. The second-order valence-corrected chi connectivity index (χ2v) is 7.67. The van der Waals surface area contributed by atoms with Gasteiger partial charge in [-0.2, -0.15) is 0 Å². The molecule has 0 amide bonds. The number of carbonyl (C=O) groups excluding carboxylic acids is 2. The van der Waals surface area contributed by atoms with Crippen LogP contribution in [0.5, 0.6) is 0 Å². The van der Waals surface area contributed by atoms with E-state index in [1.165, 1.54) is 16.3 Å². The minimum atomic E-state index is -1.21. The normalized spacial score (nSPS) is 21.9. The molecule has 2 unspecified atom stereocenters. The van der Waals surface area contributed by atoms with Crippen LogP contribution < -0.4 is 0 Å². The maximum absolute atomic E-state index is 11.6. The molecule has 1 aliphatic rings. The van der Waals surface area contributed by atoms with E-state index >= 15 is 0 Å². The van der Waals surface area contributed by atoms with Crippen LogP contribution >= 0.6 is 10.2 Å². The number of hydrogen-bond acceptors (Lipinski definition) is 4. The molecule has 3 nitrogen and oxygen atoms in total. The van der Waals surface area contributed by atoms with Gasteiger partial charge in [0.25, 0.3) is 0 Å². The summed E-state index contributed by atoms with van der Waals surface area (Å²) < 4.78 is 0. The molecule has 0 fully saturated rings. The van der Waals surface area contributed by atoms with Crippen molar-refractivity contribution in [3.8, 4) is 11.2 Å². The Bertz CT molecular complexity index is 571. The average Bonchev–Trinajstić information content (AvgIpc) is 2.43. The number of aliphatic hydroxyl groups excluding tert-OH is 1. The maximum atomic E-state index is 11.6. The van der Waals surface area contributed by atoms with Crippen molar-refractivity contribution in [2.45, 2.75) is 10.9 Å². The SMILES string of the molecule is O=C1C=CC(=O)C([Se]SC#Cc2ccccc2)C1O. The fraction of sp³-hybridized carbons (Fsp3) is 0.143. The summed E-state index contributed by atoms with van der Waals surface area (Å²) in [6.45, 7) is 0. The van der Waals surface area contributed by atoms with E-state index < -0.39 is 16.7 Å². The first-order valence-corrected chi connectivity index (χ1v) is 9.33. The van der Waals surface area contributed by atoms with Crippen LogP contribution in [0.25, 0.3) is 0 Å². The van der Waals surface area contributed by atoms with Crippen LogP contribution in [0.4, 0.5) is 0 Å². The molecule has 0 saturated heterocycles. The predicted molar refractivity (Wildman–Crippen MR) is 75.6 cm³/mol. The molecule has 19 heavy (non-hydrogen) atoms. The molecular weight excluding hydrogens is 327 g/mol. The van der Waals surface area contributed by atoms with Gasteiger partial charge in [0, 0.05) is 0 Å². The van der Waals surface area contributed by atoms with Crippen molar-refractivity contribution < 1.29 is 14.7 Å². The van der Waals surface area contributed by atoms with Gasteiger partial charge < -0.3 is 0 Å². The van der Waals surface area contributed by atoms with Crippen molar-refractivity contribution in [1.82, 2.24) is 0 Å². The average molecular weight is 337 g/mol. The number of benzene rings is 1. The monoisotopic (exact) mass is 338 g/mol. The summed E-state index contributed by atoms with van der Waals surface area (Å²) in [4.78, 5) is 22.2. The van der Waals surface area contributed by atoms with Crippen molar-refractivity contribution in [1.29, 1.82) is 0 Å². The first-order valence-electron chi connectivity index (χ1n) is 5.50. The standard InChI is InChI=1S/C14H10O3SSe/c15-11-6-7-12(16)14(13(11)17)19-18-9-8-10-4-2-1-3-5-10/h1-7,13-14,17H. The molecule has 0 spiro atoms. The summed E-state index contributed by atoms with van der Waals surface area (Å²) >= 11 is -0.279. The summed E-state index contributed by atoms with van der Waals surface area (Å²) in [5.74, 6) is 2.36. The van der Waals surface area contributed by atoms with Crippen LogP contribution in [0.1, 0.15) is 5.56 Å². The fourth-order valence-electron chi connectivity index (χ4n) is 1.44. The van der Waals surface area contributed by atoms with E-state index in [0.717, 1.165) is 11.6 Å². The number of aliphatic hydroxyl groups is 1. The Morgan fingerprint density at radius 1 is 1.11 bits per heavy atom.